The second-order valence-corrected chi connectivity index (χ2v) is 10.6. The molecule has 1 fully saturated rings. The van der Waals surface area contributed by atoms with Crippen molar-refractivity contribution >= 4 is 18.2 Å². The molecule has 0 aromatic heterocycles. The van der Waals surface area contributed by atoms with Crippen LogP contribution in [0.5, 0.6) is 0 Å². The van der Waals surface area contributed by atoms with Gasteiger partial charge in [-0.2, -0.15) is 0 Å². The number of hydrogen-bond donors (Lipinski definition) is 0. The fourth-order valence-electron chi connectivity index (χ4n) is 2.26. The Morgan fingerprint density at radius 3 is 2.33 bits per heavy atom. The molecular formula is C9H23NSi2. The van der Waals surface area contributed by atoms with Crippen molar-refractivity contribution in [1.29, 1.82) is 0 Å². The maximum absolute atomic E-state index is 2.89. The monoisotopic (exact) mass is 201 g/mol. The molecule has 0 spiro atoms. The molecule has 0 aromatic rings. The first-order valence-electron chi connectivity index (χ1n) is 5.51. The average Bonchev–Trinajstić information content (AvgIpc) is 2.04. The van der Waals surface area contributed by atoms with Gasteiger partial charge >= 0.3 is 0 Å². The van der Waals surface area contributed by atoms with Gasteiger partial charge in [-0.05, 0) is 24.9 Å². The summed E-state index contributed by atoms with van der Waals surface area (Å²) in [7, 11) is 0.621. The van der Waals surface area contributed by atoms with E-state index in [4.69, 9.17) is 0 Å². The maximum Gasteiger partial charge on any atom is 0.0801 e. The molecule has 0 aliphatic carbocycles. The largest absolute Gasteiger partial charge is 0.327 e. The second-order valence-electron chi connectivity index (χ2n) is 4.22. The molecule has 12 heavy (non-hydrogen) atoms. The lowest BCUT2D eigenvalue weighted by atomic mass is 10.0. The van der Waals surface area contributed by atoms with Gasteiger partial charge in [-0.15, -0.1) is 0 Å². The van der Waals surface area contributed by atoms with Crippen LogP contribution in [0.2, 0.25) is 6.04 Å². The zero-order valence-corrected chi connectivity index (χ0v) is 11.7. The van der Waals surface area contributed by atoms with Crippen molar-refractivity contribution in [3.63, 3.8) is 0 Å². The van der Waals surface area contributed by atoms with Crippen molar-refractivity contribution in [2.75, 3.05) is 0 Å². The van der Waals surface area contributed by atoms with Crippen molar-refractivity contribution in [2.24, 2.45) is 0 Å². The lowest BCUT2D eigenvalue weighted by molar-refractivity contribution is 0.209. The smallest absolute Gasteiger partial charge is 0.0801 e. The van der Waals surface area contributed by atoms with E-state index in [1.54, 1.807) is 0 Å². The fraction of sp³-hybridized carbons (Fsp3) is 1.00. The van der Waals surface area contributed by atoms with E-state index in [9.17, 15) is 0 Å². The number of rotatable bonds is 3. The Labute approximate surface area is 81.4 Å². The van der Waals surface area contributed by atoms with E-state index in [0.29, 0.717) is 9.04 Å². The molecule has 1 aliphatic heterocycles. The second kappa shape index (κ2) is 5.19. The first kappa shape index (κ1) is 10.5. The third-order valence-electron chi connectivity index (χ3n) is 3.15. The Bertz CT molecular complexity index is 120. The van der Waals surface area contributed by atoms with Crippen LogP contribution < -0.4 is 0 Å². The van der Waals surface area contributed by atoms with Crippen LogP contribution >= 0.6 is 0 Å². The Morgan fingerprint density at radius 1 is 1.25 bits per heavy atom. The predicted molar refractivity (Wildman–Crippen MR) is 62.2 cm³/mol. The molecule has 0 N–H and O–H groups in total. The van der Waals surface area contributed by atoms with E-state index >= 15 is 0 Å². The Kier molecular flexibility index (Phi) is 4.53. The predicted octanol–water partition coefficient (Wildman–Crippen LogP) is 0.855. The molecule has 72 valence electrons. The van der Waals surface area contributed by atoms with E-state index < -0.39 is 0 Å². The van der Waals surface area contributed by atoms with Crippen LogP contribution in [0.4, 0.5) is 0 Å². The van der Waals surface area contributed by atoms with Crippen molar-refractivity contribution in [1.82, 2.24) is 4.57 Å². The van der Waals surface area contributed by atoms with Gasteiger partial charge in [0, 0.05) is 9.04 Å². The summed E-state index contributed by atoms with van der Waals surface area (Å²) in [5.41, 5.74) is 0. The highest BCUT2D eigenvalue weighted by atomic mass is 29.1. The van der Waals surface area contributed by atoms with Gasteiger partial charge in [0.2, 0.25) is 0 Å². The summed E-state index contributed by atoms with van der Waals surface area (Å²) >= 11 is 0. The zero-order valence-electron chi connectivity index (χ0n) is 8.84. The third-order valence-corrected chi connectivity index (χ3v) is 10.6. The SMILES string of the molecule is CC[SiH2][SiH2]N1C(C)CCCC1C. The normalized spacial score (nSPS) is 34.2. The summed E-state index contributed by atoms with van der Waals surface area (Å²) in [6, 6.07) is 3.39. The molecule has 2 atom stereocenters. The third kappa shape index (κ3) is 2.71. The van der Waals surface area contributed by atoms with Crippen LogP contribution in [-0.2, 0) is 0 Å². The summed E-state index contributed by atoms with van der Waals surface area (Å²) in [6.07, 6.45) is 4.41. The van der Waals surface area contributed by atoms with E-state index in [2.05, 4.69) is 25.3 Å². The van der Waals surface area contributed by atoms with Gasteiger partial charge in [-0.25, -0.2) is 0 Å². The first-order valence-corrected chi connectivity index (χ1v) is 11.1. The Morgan fingerprint density at radius 2 is 1.83 bits per heavy atom. The quantitative estimate of drug-likeness (QED) is 0.612. The van der Waals surface area contributed by atoms with Crippen molar-refractivity contribution in [3.8, 4) is 0 Å². The molecular weight excluding hydrogens is 178 g/mol. The van der Waals surface area contributed by atoms with Crippen LogP contribution in [0.15, 0.2) is 0 Å². The highest BCUT2D eigenvalue weighted by Crippen LogP contribution is 2.20. The summed E-state index contributed by atoms with van der Waals surface area (Å²) < 4.78 is 2.89. The lowest BCUT2D eigenvalue weighted by Crippen LogP contribution is -2.47. The topological polar surface area (TPSA) is 3.24 Å². The maximum atomic E-state index is 2.89. The van der Waals surface area contributed by atoms with Gasteiger partial charge in [-0.3, -0.25) is 0 Å². The van der Waals surface area contributed by atoms with Gasteiger partial charge in [0.05, 0.1) is 9.20 Å². The van der Waals surface area contributed by atoms with Gasteiger partial charge in [0.15, 0.2) is 0 Å². The minimum atomic E-state index is 0.243. The van der Waals surface area contributed by atoms with Gasteiger partial charge in [0.1, 0.15) is 0 Å². The fourth-order valence-corrected chi connectivity index (χ4v) is 8.87. The molecule has 0 bridgehead atoms. The molecule has 0 amide bonds. The van der Waals surface area contributed by atoms with E-state index in [1.807, 2.05) is 0 Å². The Hall–Kier alpha value is 0.394. The molecule has 1 heterocycles. The van der Waals surface area contributed by atoms with Crippen molar-refractivity contribution in [3.05, 3.63) is 0 Å². The number of nitrogens with zero attached hydrogens (tertiary/aromatic N) is 1. The number of hydrogen-bond acceptors (Lipinski definition) is 1. The molecule has 0 aromatic carbocycles. The summed E-state index contributed by atoms with van der Waals surface area (Å²) in [4.78, 5) is 0. The van der Waals surface area contributed by atoms with Crippen molar-refractivity contribution in [2.45, 2.75) is 58.2 Å². The first-order chi connectivity index (χ1) is 5.75. The van der Waals surface area contributed by atoms with Crippen LogP contribution in [0, 0.1) is 0 Å². The van der Waals surface area contributed by atoms with Crippen LogP contribution in [0.1, 0.15) is 40.0 Å². The zero-order chi connectivity index (χ0) is 8.97. The molecule has 1 saturated heterocycles. The molecule has 0 saturated carbocycles. The van der Waals surface area contributed by atoms with Crippen LogP contribution in [-0.4, -0.2) is 34.9 Å². The minimum absolute atomic E-state index is 0.243. The minimum Gasteiger partial charge on any atom is -0.327 e. The molecule has 1 nitrogen and oxygen atoms in total. The van der Waals surface area contributed by atoms with Gasteiger partial charge in [0.25, 0.3) is 0 Å². The average molecular weight is 201 g/mol. The summed E-state index contributed by atoms with van der Waals surface area (Å²) in [5.74, 6) is 0. The van der Waals surface area contributed by atoms with E-state index in [1.165, 1.54) is 25.3 Å². The molecule has 1 aliphatic rings. The molecule has 0 radical (unpaired) electrons. The van der Waals surface area contributed by atoms with E-state index in [0.717, 1.165) is 12.1 Å². The summed E-state index contributed by atoms with van der Waals surface area (Å²) in [5, 5.41) is 0. The molecule has 3 heteroatoms. The number of piperidine rings is 1. The standard InChI is InChI=1S/C9H23NSi2/c1-4-11-12-10-8(2)6-5-7-9(10)3/h8-9H,4-7,11-12H2,1-3H3. The Balaban J connectivity index is 2.34. The lowest BCUT2D eigenvalue weighted by Gasteiger charge is -2.39. The van der Waals surface area contributed by atoms with Crippen molar-refractivity contribution < 1.29 is 0 Å². The van der Waals surface area contributed by atoms with Gasteiger partial charge in [-0.1, -0.05) is 33.2 Å². The van der Waals surface area contributed by atoms with Gasteiger partial charge < -0.3 is 4.57 Å². The highest BCUT2D eigenvalue weighted by Gasteiger charge is 2.23. The summed E-state index contributed by atoms with van der Waals surface area (Å²) in [6.45, 7) is 7.25. The van der Waals surface area contributed by atoms with Crippen LogP contribution in [0.3, 0.4) is 0 Å². The molecule has 1 rings (SSSR count). The molecule has 2 unspecified atom stereocenters. The highest BCUT2D eigenvalue weighted by molar-refractivity contribution is 6.99. The van der Waals surface area contributed by atoms with E-state index in [-0.39, 0.29) is 9.20 Å². The van der Waals surface area contributed by atoms with Crippen LogP contribution in [0.25, 0.3) is 0 Å².